The van der Waals surface area contributed by atoms with Crippen molar-refractivity contribution in [3.63, 3.8) is 0 Å². The minimum atomic E-state index is -0.0975. The van der Waals surface area contributed by atoms with Gasteiger partial charge in [0.2, 0.25) is 5.89 Å². The van der Waals surface area contributed by atoms with Crippen LogP contribution in [0.25, 0.3) is 0 Å². The Labute approximate surface area is 70.2 Å². The molecule has 1 fully saturated rings. The third-order valence-corrected chi connectivity index (χ3v) is 1.93. The van der Waals surface area contributed by atoms with Gasteiger partial charge in [0.25, 0.3) is 0 Å². The molecule has 12 heavy (non-hydrogen) atoms. The number of hydrogen-bond donors (Lipinski definition) is 1. The van der Waals surface area contributed by atoms with Gasteiger partial charge in [-0.05, 0) is 12.8 Å². The Morgan fingerprint density at radius 3 is 3.17 bits per heavy atom. The standard InChI is InChI=1S/C8H11NO3/c10-5-6-4-9-8(12-6)7-2-1-3-11-7/h4,7,10H,1-3,5H2. The molecule has 2 rings (SSSR count). The van der Waals surface area contributed by atoms with Crippen molar-refractivity contribution in [2.24, 2.45) is 0 Å². The largest absolute Gasteiger partial charge is 0.440 e. The van der Waals surface area contributed by atoms with Crippen LogP contribution in [0.4, 0.5) is 0 Å². The van der Waals surface area contributed by atoms with Gasteiger partial charge in [-0.2, -0.15) is 0 Å². The molecule has 1 aromatic rings. The van der Waals surface area contributed by atoms with Crippen molar-refractivity contribution in [1.29, 1.82) is 0 Å². The second-order valence-corrected chi connectivity index (χ2v) is 2.82. The molecule has 0 aromatic carbocycles. The maximum atomic E-state index is 8.72. The van der Waals surface area contributed by atoms with E-state index in [0.29, 0.717) is 11.7 Å². The van der Waals surface area contributed by atoms with Gasteiger partial charge in [-0.1, -0.05) is 0 Å². The van der Waals surface area contributed by atoms with Crippen LogP contribution in [0.1, 0.15) is 30.6 Å². The molecular weight excluding hydrogens is 158 g/mol. The van der Waals surface area contributed by atoms with Crippen molar-refractivity contribution in [2.75, 3.05) is 6.61 Å². The fourth-order valence-electron chi connectivity index (χ4n) is 1.32. The smallest absolute Gasteiger partial charge is 0.223 e. The molecule has 2 heterocycles. The van der Waals surface area contributed by atoms with Crippen LogP contribution < -0.4 is 0 Å². The molecule has 0 bridgehead atoms. The third kappa shape index (κ3) is 1.35. The third-order valence-electron chi connectivity index (χ3n) is 1.93. The number of hydrogen-bond acceptors (Lipinski definition) is 4. The van der Waals surface area contributed by atoms with E-state index in [4.69, 9.17) is 14.3 Å². The van der Waals surface area contributed by atoms with Crippen molar-refractivity contribution < 1.29 is 14.3 Å². The Hall–Kier alpha value is -0.870. The van der Waals surface area contributed by atoms with E-state index in [1.165, 1.54) is 6.20 Å². The van der Waals surface area contributed by atoms with Crippen LogP contribution in [-0.2, 0) is 11.3 Å². The summed E-state index contributed by atoms with van der Waals surface area (Å²) in [4.78, 5) is 4.02. The lowest BCUT2D eigenvalue weighted by molar-refractivity contribution is 0.0862. The lowest BCUT2D eigenvalue weighted by Crippen LogP contribution is -1.94. The van der Waals surface area contributed by atoms with Crippen LogP contribution in [-0.4, -0.2) is 16.7 Å². The van der Waals surface area contributed by atoms with Crippen molar-refractivity contribution >= 4 is 0 Å². The van der Waals surface area contributed by atoms with Gasteiger partial charge >= 0.3 is 0 Å². The highest BCUT2D eigenvalue weighted by molar-refractivity contribution is 4.96. The minimum Gasteiger partial charge on any atom is -0.440 e. The van der Waals surface area contributed by atoms with E-state index >= 15 is 0 Å². The highest BCUT2D eigenvalue weighted by Crippen LogP contribution is 2.27. The maximum Gasteiger partial charge on any atom is 0.223 e. The lowest BCUT2D eigenvalue weighted by atomic mass is 10.2. The van der Waals surface area contributed by atoms with Gasteiger partial charge in [-0.15, -0.1) is 0 Å². The van der Waals surface area contributed by atoms with Gasteiger partial charge in [0.05, 0.1) is 6.20 Å². The highest BCUT2D eigenvalue weighted by Gasteiger charge is 2.22. The zero-order valence-corrected chi connectivity index (χ0v) is 6.69. The van der Waals surface area contributed by atoms with E-state index in [1.54, 1.807) is 0 Å². The summed E-state index contributed by atoms with van der Waals surface area (Å²) in [5, 5.41) is 8.72. The van der Waals surface area contributed by atoms with Crippen LogP contribution in [0.3, 0.4) is 0 Å². The summed E-state index contributed by atoms with van der Waals surface area (Å²) in [6, 6.07) is 0. The first kappa shape index (κ1) is 7.76. The molecule has 1 aliphatic rings. The van der Waals surface area contributed by atoms with E-state index in [-0.39, 0.29) is 12.7 Å². The van der Waals surface area contributed by atoms with Crippen molar-refractivity contribution in [3.05, 3.63) is 17.8 Å². The fourth-order valence-corrected chi connectivity index (χ4v) is 1.32. The molecule has 1 aliphatic heterocycles. The molecule has 1 atom stereocenters. The molecule has 1 N–H and O–H groups in total. The number of rotatable bonds is 2. The van der Waals surface area contributed by atoms with Gasteiger partial charge in [0.1, 0.15) is 18.5 Å². The molecule has 1 aromatic heterocycles. The molecule has 66 valence electrons. The zero-order valence-electron chi connectivity index (χ0n) is 6.69. The van der Waals surface area contributed by atoms with Gasteiger partial charge in [-0.3, -0.25) is 0 Å². The average Bonchev–Trinajstić information content (AvgIpc) is 2.75. The molecule has 0 radical (unpaired) electrons. The number of ether oxygens (including phenoxy) is 1. The first-order valence-corrected chi connectivity index (χ1v) is 4.07. The first-order valence-electron chi connectivity index (χ1n) is 4.07. The Balaban J connectivity index is 2.11. The second kappa shape index (κ2) is 3.25. The van der Waals surface area contributed by atoms with E-state index in [9.17, 15) is 0 Å². The molecule has 0 amide bonds. The van der Waals surface area contributed by atoms with Crippen LogP contribution in [0, 0.1) is 0 Å². The molecule has 0 spiro atoms. The number of aromatic nitrogens is 1. The quantitative estimate of drug-likeness (QED) is 0.718. The molecule has 0 aliphatic carbocycles. The summed E-state index contributed by atoms with van der Waals surface area (Å²) < 4.78 is 10.6. The molecule has 1 saturated heterocycles. The number of aliphatic hydroxyl groups excluding tert-OH is 1. The summed E-state index contributed by atoms with van der Waals surface area (Å²) in [6.07, 6.45) is 3.56. The normalized spacial score (nSPS) is 23.2. The lowest BCUT2D eigenvalue weighted by Gasteiger charge is -2.02. The Morgan fingerprint density at radius 1 is 1.67 bits per heavy atom. The van der Waals surface area contributed by atoms with Crippen LogP contribution in [0.2, 0.25) is 0 Å². The molecule has 1 unspecified atom stereocenters. The number of oxazole rings is 1. The molecule has 4 nitrogen and oxygen atoms in total. The molecule has 4 heteroatoms. The summed E-state index contributed by atoms with van der Waals surface area (Å²) in [5.41, 5.74) is 0. The second-order valence-electron chi connectivity index (χ2n) is 2.82. The predicted molar refractivity (Wildman–Crippen MR) is 40.4 cm³/mol. The minimum absolute atomic E-state index is 0.00491. The van der Waals surface area contributed by atoms with E-state index < -0.39 is 0 Å². The highest BCUT2D eigenvalue weighted by atomic mass is 16.5. The van der Waals surface area contributed by atoms with Gasteiger partial charge in [0, 0.05) is 6.61 Å². The Kier molecular flexibility index (Phi) is 2.10. The van der Waals surface area contributed by atoms with Crippen molar-refractivity contribution in [2.45, 2.75) is 25.6 Å². The van der Waals surface area contributed by atoms with Crippen LogP contribution in [0.5, 0.6) is 0 Å². The number of aliphatic hydroxyl groups is 1. The predicted octanol–water partition coefficient (Wildman–Crippen LogP) is 1.02. The average molecular weight is 169 g/mol. The summed E-state index contributed by atoms with van der Waals surface area (Å²) in [7, 11) is 0. The van der Waals surface area contributed by atoms with E-state index in [0.717, 1.165) is 19.4 Å². The Bertz CT molecular complexity index is 253. The topological polar surface area (TPSA) is 55.5 Å². The first-order chi connectivity index (χ1) is 5.90. The summed E-state index contributed by atoms with van der Waals surface area (Å²) in [6.45, 7) is 0.682. The van der Waals surface area contributed by atoms with E-state index in [2.05, 4.69) is 4.98 Å². The Morgan fingerprint density at radius 2 is 2.58 bits per heavy atom. The summed E-state index contributed by atoms with van der Waals surface area (Å²) >= 11 is 0. The summed E-state index contributed by atoms with van der Waals surface area (Å²) in [5.74, 6) is 1.09. The van der Waals surface area contributed by atoms with E-state index in [1.807, 2.05) is 0 Å². The fraction of sp³-hybridized carbons (Fsp3) is 0.625. The number of nitrogens with zero attached hydrogens (tertiary/aromatic N) is 1. The van der Waals surface area contributed by atoms with Gasteiger partial charge in [-0.25, -0.2) is 4.98 Å². The van der Waals surface area contributed by atoms with Crippen molar-refractivity contribution in [3.8, 4) is 0 Å². The molecular formula is C8H11NO3. The zero-order chi connectivity index (χ0) is 8.39. The molecule has 0 saturated carbocycles. The monoisotopic (exact) mass is 169 g/mol. The SMILES string of the molecule is OCc1cnc(C2CCCO2)o1. The van der Waals surface area contributed by atoms with Crippen molar-refractivity contribution in [1.82, 2.24) is 4.98 Å². The van der Waals surface area contributed by atoms with Gasteiger partial charge in [0.15, 0.2) is 0 Å². The van der Waals surface area contributed by atoms with Crippen LogP contribution in [0.15, 0.2) is 10.6 Å². The van der Waals surface area contributed by atoms with Gasteiger partial charge < -0.3 is 14.3 Å². The van der Waals surface area contributed by atoms with Crippen LogP contribution >= 0.6 is 0 Å². The maximum absolute atomic E-state index is 8.72.